The van der Waals surface area contributed by atoms with Crippen LogP contribution in [0.4, 0.5) is 5.69 Å². The Labute approximate surface area is 93.8 Å². The van der Waals surface area contributed by atoms with Gasteiger partial charge in [-0.15, -0.1) is 0 Å². The molecule has 0 fully saturated rings. The zero-order valence-corrected chi connectivity index (χ0v) is 8.70. The van der Waals surface area contributed by atoms with E-state index in [1.165, 1.54) is 0 Å². The predicted molar refractivity (Wildman–Crippen MR) is 67.0 cm³/mol. The highest BCUT2D eigenvalue weighted by Crippen LogP contribution is 2.40. The Balaban J connectivity index is 2.41. The fraction of sp³-hybridized carbons (Fsp3) is 0. The Hall–Kier alpha value is -2.22. The number of hydrogen-bond donors (Lipinski definition) is 1. The zero-order valence-electron chi connectivity index (χ0n) is 8.70. The summed E-state index contributed by atoms with van der Waals surface area (Å²) in [5.74, 6) is 0. The maximum Gasteiger partial charge on any atom is 0.0722 e. The summed E-state index contributed by atoms with van der Waals surface area (Å²) in [5.41, 5.74) is 5.43. The second-order valence-electron chi connectivity index (χ2n) is 3.78. The maximum absolute atomic E-state index is 8.17. The Morgan fingerprint density at radius 3 is 2.31 bits per heavy atom. The molecule has 0 bridgehead atoms. The lowest BCUT2D eigenvalue weighted by Crippen LogP contribution is -1.95. The minimum Gasteiger partial charge on any atom is -0.300 e. The van der Waals surface area contributed by atoms with Crippen LogP contribution in [0.1, 0.15) is 11.1 Å². The smallest absolute Gasteiger partial charge is 0.0722 e. The van der Waals surface area contributed by atoms with E-state index < -0.39 is 0 Å². The average molecular weight is 206 g/mol. The van der Waals surface area contributed by atoms with E-state index in [0.717, 1.165) is 27.9 Å². The SMILES string of the molecule is C=Nc1cccc2c1C(=N)c1ccccc1-2. The van der Waals surface area contributed by atoms with Gasteiger partial charge in [0.2, 0.25) is 0 Å². The molecule has 0 radical (unpaired) electrons. The molecule has 2 aromatic carbocycles. The van der Waals surface area contributed by atoms with Crippen LogP contribution in [0.25, 0.3) is 11.1 Å². The van der Waals surface area contributed by atoms with Crippen LogP contribution in [-0.4, -0.2) is 12.4 Å². The lowest BCUT2D eigenvalue weighted by molar-refractivity contribution is 1.47. The second-order valence-corrected chi connectivity index (χ2v) is 3.78. The van der Waals surface area contributed by atoms with Crippen LogP contribution in [0.5, 0.6) is 0 Å². The van der Waals surface area contributed by atoms with E-state index in [9.17, 15) is 0 Å². The molecule has 0 aromatic heterocycles. The zero-order chi connectivity index (χ0) is 11.1. The van der Waals surface area contributed by atoms with Gasteiger partial charge < -0.3 is 0 Å². The quantitative estimate of drug-likeness (QED) is 0.592. The first kappa shape index (κ1) is 9.04. The lowest BCUT2D eigenvalue weighted by Gasteiger charge is -2.02. The molecule has 0 spiro atoms. The molecule has 1 N–H and O–H groups in total. The van der Waals surface area contributed by atoms with E-state index in [2.05, 4.69) is 11.7 Å². The topological polar surface area (TPSA) is 36.2 Å². The molecule has 2 nitrogen and oxygen atoms in total. The molecule has 0 saturated heterocycles. The Morgan fingerprint density at radius 1 is 0.875 bits per heavy atom. The largest absolute Gasteiger partial charge is 0.300 e. The molecule has 0 atom stereocenters. The standard InChI is InChI=1S/C14H10N2/c1-16-12-8-4-7-10-9-5-2-3-6-11(9)14(15)13(10)12/h2-8,15H,1H2. The average Bonchev–Trinajstić information content (AvgIpc) is 2.64. The fourth-order valence-corrected chi connectivity index (χ4v) is 2.23. The molecule has 0 unspecified atom stereocenters. The third-order valence-corrected chi connectivity index (χ3v) is 2.95. The van der Waals surface area contributed by atoms with E-state index in [1.807, 2.05) is 42.5 Å². The van der Waals surface area contributed by atoms with E-state index in [1.54, 1.807) is 0 Å². The van der Waals surface area contributed by atoms with Crippen LogP contribution >= 0.6 is 0 Å². The van der Waals surface area contributed by atoms with Crippen LogP contribution in [0.15, 0.2) is 47.5 Å². The van der Waals surface area contributed by atoms with E-state index >= 15 is 0 Å². The maximum atomic E-state index is 8.17. The number of fused-ring (bicyclic) bond motifs is 3. The van der Waals surface area contributed by atoms with Crippen LogP contribution in [-0.2, 0) is 0 Å². The van der Waals surface area contributed by atoms with E-state index in [-0.39, 0.29) is 0 Å². The van der Waals surface area contributed by atoms with Crippen molar-refractivity contribution in [2.75, 3.05) is 0 Å². The van der Waals surface area contributed by atoms with Gasteiger partial charge in [0.25, 0.3) is 0 Å². The Bertz CT molecular complexity index is 612. The normalized spacial score (nSPS) is 12.1. The number of aliphatic imine (C=N–C) groups is 1. The highest BCUT2D eigenvalue weighted by Gasteiger charge is 2.25. The highest BCUT2D eigenvalue weighted by atomic mass is 14.7. The van der Waals surface area contributed by atoms with Crippen molar-refractivity contribution in [1.29, 1.82) is 5.41 Å². The van der Waals surface area contributed by atoms with Gasteiger partial charge in [-0.25, -0.2) is 0 Å². The van der Waals surface area contributed by atoms with Crippen molar-refractivity contribution >= 4 is 18.1 Å². The predicted octanol–water partition coefficient (Wildman–Crippen LogP) is 3.42. The third kappa shape index (κ3) is 1.01. The molecule has 0 aliphatic heterocycles. The molecule has 76 valence electrons. The molecule has 0 heterocycles. The van der Waals surface area contributed by atoms with Crippen molar-refractivity contribution in [3.8, 4) is 11.1 Å². The van der Waals surface area contributed by atoms with Gasteiger partial charge in [0.05, 0.1) is 11.4 Å². The minimum atomic E-state index is 0.550. The van der Waals surface area contributed by atoms with Crippen LogP contribution in [0.3, 0.4) is 0 Å². The molecule has 2 heteroatoms. The number of rotatable bonds is 1. The number of nitrogens with one attached hydrogen (secondary N) is 1. The highest BCUT2D eigenvalue weighted by molar-refractivity contribution is 6.25. The molecule has 3 rings (SSSR count). The first-order chi connectivity index (χ1) is 7.83. The van der Waals surface area contributed by atoms with Gasteiger partial charge in [0, 0.05) is 11.1 Å². The van der Waals surface area contributed by atoms with Gasteiger partial charge in [-0.3, -0.25) is 10.4 Å². The molecule has 0 saturated carbocycles. The van der Waals surface area contributed by atoms with Crippen molar-refractivity contribution in [2.24, 2.45) is 4.99 Å². The van der Waals surface area contributed by atoms with Gasteiger partial charge in [-0.2, -0.15) is 0 Å². The van der Waals surface area contributed by atoms with Gasteiger partial charge in [0.1, 0.15) is 0 Å². The summed E-state index contributed by atoms with van der Waals surface area (Å²) >= 11 is 0. The molecule has 0 amide bonds. The summed E-state index contributed by atoms with van der Waals surface area (Å²) in [5, 5.41) is 8.17. The molecular weight excluding hydrogens is 196 g/mol. The van der Waals surface area contributed by atoms with Crippen molar-refractivity contribution in [2.45, 2.75) is 0 Å². The van der Waals surface area contributed by atoms with Crippen LogP contribution < -0.4 is 0 Å². The molecular formula is C14H10N2. The third-order valence-electron chi connectivity index (χ3n) is 2.95. The summed E-state index contributed by atoms with van der Waals surface area (Å²) in [6.07, 6.45) is 0. The van der Waals surface area contributed by atoms with Gasteiger partial charge >= 0.3 is 0 Å². The van der Waals surface area contributed by atoms with Crippen molar-refractivity contribution in [3.05, 3.63) is 53.6 Å². The van der Waals surface area contributed by atoms with Crippen molar-refractivity contribution in [1.82, 2.24) is 0 Å². The molecule has 2 aromatic rings. The van der Waals surface area contributed by atoms with Crippen LogP contribution in [0, 0.1) is 5.41 Å². The summed E-state index contributed by atoms with van der Waals surface area (Å²) in [6.45, 7) is 3.56. The van der Waals surface area contributed by atoms with Gasteiger partial charge in [0.15, 0.2) is 0 Å². The summed E-state index contributed by atoms with van der Waals surface area (Å²) in [7, 11) is 0. The summed E-state index contributed by atoms with van der Waals surface area (Å²) in [4.78, 5) is 3.98. The Kier molecular flexibility index (Phi) is 1.77. The summed E-state index contributed by atoms with van der Waals surface area (Å²) in [6, 6.07) is 13.9. The van der Waals surface area contributed by atoms with E-state index in [4.69, 9.17) is 5.41 Å². The lowest BCUT2D eigenvalue weighted by atomic mass is 10.1. The fourth-order valence-electron chi connectivity index (χ4n) is 2.23. The summed E-state index contributed by atoms with van der Waals surface area (Å²) < 4.78 is 0. The monoisotopic (exact) mass is 206 g/mol. The molecule has 16 heavy (non-hydrogen) atoms. The van der Waals surface area contributed by atoms with E-state index in [0.29, 0.717) is 5.71 Å². The number of nitrogens with zero attached hydrogens (tertiary/aromatic N) is 1. The number of hydrogen-bond acceptors (Lipinski definition) is 2. The van der Waals surface area contributed by atoms with Gasteiger partial charge in [-0.1, -0.05) is 36.4 Å². The number of benzene rings is 2. The van der Waals surface area contributed by atoms with Crippen LogP contribution in [0.2, 0.25) is 0 Å². The molecule has 1 aliphatic carbocycles. The first-order valence-electron chi connectivity index (χ1n) is 5.11. The second kappa shape index (κ2) is 3.14. The Morgan fingerprint density at radius 2 is 1.56 bits per heavy atom. The van der Waals surface area contributed by atoms with Crippen molar-refractivity contribution in [3.63, 3.8) is 0 Å². The first-order valence-corrected chi connectivity index (χ1v) is 5.11. The van der Waals surface area contributed by atoms with Gasteiger partial charge in [-0.05, 0) is 23.9 Å². The minimum absolute atomic E-state index is 0.550. The molecule has 1 aliphatic rings. The van der Waals surface area contributed by atoms with Crippen molar-refractivity contribution < 1.29 is 0 Å².